The zero-order valence-corrected chi connectivity index (χ0v) is 8.43. The van der Waals surface area contributed by atoms with Gasteiger partial charge in [0.25, 0.3) is 0 Å². The van der Waals surface area contributed by atoms with Crippen molar-refractivity contribution in [2.24, 2.45) is 0 Å². The Labute approximate surface area is 80.5 Å². The van der Waals surface area contributed by atoms with Crippen LogP contribution in [0.2, 0.25) is 0 Å². The maximum atomic E-state index is 5.36. The molecule has 1 aromatic heterocycles. The van der Waals surface area contributed by atoms with E-state index < -0.39 is 0 Å². The average Bonchev–Trinajstić information content (AvgIpc) is 2.32. The Balaban J connectivity index is 1.79. The lowest BCUT2D eigenvalue weighted by atomic mass is 9.93. The van der Waals surface area contributed by atoms with Crippen molar-refractivity contribution in [2.75, 3.05) is 0 Å². The summed E-state index contributed by atoms with van der Waals surface area (Å²) in [6.07, 6.45) is 4.02. The van der Waals surface area contributed by atoms with Gasteiger partial charge in [-0.1, -0.05) is 6.42 Å². The Bertz CT molecular complexity index is 255. The van der Waals surface area contributed by atoms with Gasteiger partial charge in [0.05, 0.1) is 6.54 Å². The van der Waals surface area contributed by atoms with Crippen LogP contribution in [-0.4, -0.2) is 6.04 Å². The van der Waals surface area contributed by atoms with Gasteiger partial charge in [0.15, 0.2) is 4.67 Å². The van der Waals surface area contributed by atoms with Crippen LogP contribution in [-0.2, 0) is 6.54 Å². The molecular formula is C9H12BrNO. The molecule has 0 aliphatic heterocycles. The van der Waals surface area contributed by atoms with Gasteiger partial charge in [0.2, 0.25) is 0 Å². The Morgan fingerprint density at radius 1 is 1.50 bits per heavy atom. The number of furan rings is 1. The zero-order chi connectivity index (χ0) is 8.39. The van der Waals surface area contributed by atoms with Crippen LogP contribution in [0.25, 0.3) is 0 Å². The van der Waals surface area contributed by atoms with E-state index in [1.165, 1.54) is 19.3 Å². The lowest BCUT2D eigenvalue weighted by molar-refractivity contribution is 0.323. The monoisotopic (exact) mass is 229 g/mol. The van der Waals surface area contributed by atoms with Gasteiger partial charge in [-0.2, -0.15) is 0 Å². The average molecular weight is 230 g/mol. The van der Waals surface area contributed by atoms with E-state index in [2.05, 4.69) is 21.2 Å². The molecule has 1 aromatic rings. The van der Waals surface area contributed by atoms with Crippen LogP contribution in [0.4, 0.5) is 0 Å². The van der Waals surface area contributed by atoms with E-state index in [9.17, 15) is 0 Å². The van der Waals surface area contributed by atoms with E-state index in [-0.39, 0.29) is 0 Å². The zero-order valence-electron chi connectivity index (χ0n) is 6.85. The molecule has 1 N–H and O–H groups in total. The Morgan fingerprint density at radius 2 is 2.33 bits per heavy atom. The van der Waals surface area contributed by atoms with Crippen LogP contribution in [0.15, 0.2) is 21.2 Å². The molecular weight excluding hydrogens is 218 g/mol. The summed E-state index contributed by atoms with van der Waals surface area (Å²) >= 11 is 3.28. The van der Waals surface area contributed by atoms with Gasteiger partial charge in [-0.25, -0.2) is 0 Å². The quantitative estimate of drug-likeness (QED) is 0.863. The minimum atomic E-state index is 0.730. The molecule has 0 bridgehead atoms. The van der Waals surface area contributed by atoms with Gasteiger partial charge in [-0.3, -0.25) is 0 Å². The normalized spacial score (nSPS) is 17.8. The van der Waals surface area contributed by atoms with Crippen LogP contribution in [0.3, 0.4) is 0 Å². The third-order valence-electron chi connectivity index (χ3n) is 2.30. The molecule has 0 amide bonds. The lowest BCUT2D eigenvalue weighted by Crippen LogP contribution is -2.34. The highest BCUT2D eigenvalue weighted by Crippen LogP contribution is 2.19. The minimum Gasteiger partial charge on any atom is -0.453 e. The molecule has 2 nitrogen and oxygen atoms in total. The van der Waals surface area contributed by atoms with E-state index in [0.717, 1.165) is 23.0 Å². The number of hydrogen-bond acceptors (Lipinski definition) is 2. The summed E-state index contributed by atoms with van der Waals surface area (Å²) in [5.74, 6) is 1.01. The van der Waals surface area contributed by atoms with Crippen LogP contribution in [0.5, 0.6) is 0 Å². The Hall–Kier alpha value is -0.280. The van der Waals surface area contributed by atoms with E-state index in [0.29, 0.717) is 0 Å². The van der Waals surface area contributed by atoms with E-state index in [1.807, 2.05) is 12.1 Å². The highest BCUT2D eigenvalue weighted by atomic mass is 79.9. The van der Waals surface area contributed by atoms with Crippen LogP contribution < -0.4 is 5.32 Å². The van der Waals surface area contributed by atoms with E-state index in [4.69, 9.17) is 4.42 Å². The van der Waals surface area contributed by atoms with Crippen molar-refractivity contribution in [3.8, 4) is 0 Å². The molecule has 0 aromatic carbocycles. The van der Waals surface area contributed by atoms with Crippen molar-refractivity contribution in [3.05, 3.63) is 22.6 Å². The molecule has 1 aliphatic carbocycles. The summed E-state index contributed by atoms with van der Waals surface area (Å²) in [7, 11) is 0. The van der Waals surface area contributed by atoms with Crippen LogP contribution in [0, 0.1) is 0 Å². The van der Waals surface area contributed by atoms with Crippen LogP contribution >= 0.6 is 15.9 Å². The summed E-state index contributed by atoms with van der Waals surface area (Å²) < 4.78 is 6.17. The minimum absolute atomic E-state index is 0.730. The van der Waals surface area contributed by atoms with Crippen molar-refractivity contribution in [2.45, 2.75) is 31.8 Å². The van der Waals surface area contributed by atoms with Crippen molar-refractivity contribution in [1.82, 2.24) is 5.32 Å². The maximum absolute atomic E-state index is 5.36. The highest BCUT2D eigenvalue weighted by molar-refractivity contribution is 9.10. The van der Waals surface area contributed by atoms with Crippen molar-refractivity contribution in [1.29, 1.82) is 0 Å². The Morgan fingerprint density at radius 3 is 2.83 bits per heavy atom. The molecule has 0 spiro atoms. The molecule has 0 unspecified atom stereocenters. The van der Waals surface area contributed by atoms with Gasteiger partial charge in [0, 0.05) is 6.04 Å². The lowest BCUT2D eigenvalue weighted by Gasteiger charge is -2.25. The third-order valence-corrected chi connectivity index (χ3v) is 2.73. The first-order valence-corrected chi connectivity index (χ1v) is 5.11. The molecule has 0 atom stereocenters. The molecule has 0 saturated heterocycles. The first-order valence-electron chi connectivity index (χ1n) is 4.32. The summed E-state index contributed by atoms with van der Waals surface area (Å²) in [5, 5.41) is 3.43. The molecule has 12 heavy (non-hydrogen) atoms. The second kappa shape index (κ2) is 3.62. The van der Waals surface area contributed by atoms with Gasteiger partial charge < -0.3 is 9.73 Å². The fraction of sp³-hybridized carbons (Fsp3) is 0.556. The van der Waals surface area contributed by atoms with Gasteiger partial charge in [-0.05, 0) is 40.9 Å². The molecule has 1 saturated carbocycles. The number of hydrogen-bond donors (Lipinski definition) is 1. The largest absolute Gasteiger partial charge is 0.453 e. The van der Waals surface area contributed by atoms with Crippen molar-refractivity contribution in [3.63, 3.8) is 0 Å². The van der Waals surface area contributed by atoms with Gasteiger partial charge >= 0.3 is 0 Å². The van der Waals surface area contributed by atoms with Gasteiger partial charge in [0.1, 0.15) is 5.76 Å². The molecule has 2 rings (SSSR count). The second-order valence-electron chi connectivity index (χ2n) is 3.21. The SMILES string of the molecule is Brc1ccc(CNC2CCC2)o1. The number of rotatable bonds is 3. The topological polar surface area (TPSA) is 25.2 Å². The highest BCUT2D eigenvalue weighted by Gasteiger charge is 2.16. The predicted octanol–water partition coefficient (Wildman–Crippen LogP) is 2.68. The molecule has 1 heterocycles. The van der Waals surface area contributed by atoms with Gasteiger partial charge in [-0.15, -0.1) is 0 Å². The second-order valence-corrected chi connectivity index (χ2v) is 4.00. The summed E-state index contributed by atoms with van der Waals surface area (Å²) in [4.78, 5) is 0. The predicted molar refractivity (Wildman–Crippen MR) is 50.9 cm³/mol. The molecule has 3 heteroatoms. The first kappa shape index (κ1) is 8.32. The molecule has 66 valence electrons. The molecule has 1 aliphatic rings. The Kier molecular flexibility index (Phi) is 2.51. The van der Waals surface area contributed by atoms with Crippen molar-refractivity contribution >= 4 is 15.9 Å². The fourth-order valence-electron chi connectivity index (χ4n) is 1.30. The van der Waals surface area contributed by atoms with Crippen LogP contribution in [0.1, 0.15) is 25.0 Å². The van der Waals surface area contributed by atoms with E-state index >= 15 is 0 Å². The summed E-state index contributed by atoms with van der Waals surface area (Å²) in [6.45, 7) is 0.857. The smallest absolute Gasteiger partial charge is 0.169 e. The third kappa shape index (κ3) is 1.90. The summed E-state index contributed by atoms with van der Waals surface area (Å²) in [6, 6.07) is 4.65. The van der Waals surface area contributed by atoms with Crippen molar-refractivity contribution < 1.29 is 4.42 Å². The standard InChI is InChI=1S/C9H12BrNO/c10-9-5-4-8(12-9)6-11-7-2-1-3-7/h4-5,7,11H,1-3,6H2. The summed E-state index contributed by atoms with van der Waals surface area (Å²) in [5.41, 5.74) is 0. The first-order chi connectivity index (χ1) is 5.84. The molecule has 0 radical (unpaired) electrons. The molecule has 1 fully saturated rings. The number of nitrogens with one attached hydrogen (secondary N) is 1. The number of halogens is 1. The fourth-order valence-corrected chi connectivity index (χ4v) is 1.64. The maximum Gasteiger partial charge on any atom is 0.169 e. The van der Waals surface area contributed by atoms with E-state index in [1.54, 1.807) is 0 Å².